The van der Waals surface area contributed by atoms with E-state index in [4.69, 9.17) is 11.5 Å². The first-order chi connectivity index (χ1) is 8.75. The van der Waals surface area contributed by atoms with E-state index in [-0.39, 0.29) is 0 Å². The minimum Gasteiger partial charge on any atom is -0.398 e. The Morgan fingerprint density at radius 3 is 2.11 bits per heavy atom. The van der Waals surface area contributed by atoms with Gasteiger partial charge in [0.25, 0.3) is 0 Å². The third kappa shape index (κ3) is 3.94. The van der Waals surface area contributed by atoms with E-state index < -0.39 is 11.7 Å². The van der Waals surface area contributed by atoms with Gasteiger partial charge in [-0.1, -0.05) is 12.1 Å². The second-order valence-corrected chi connectivity index (χ2v) is 4.02. The highest BCUT2D eigenvalue weighted by atomic mass is 19.4. The quantitative estimate of drug-likeness (QED) is 0.740. The van der Waals surface area contributed by atoms with Gasteiger partial charge in [-0.3, -0.25) is 0 Å². The summed E-state index contributed by atoms with van der Waals surface area (Å²) in [5.41, 5.74) is 12.3. The van der Waals surface area contributed by atoms with Crippen molar-refractivity contribution in [2.45, 2.75) is 13.1 Å². The van der Waals surface area contributed by atoms with E-state index in [1.54, 1.807) is 20.0 Å². The lowest BCUT2D eigenvalue weighted by atomic mass is 10.1. The largest absolute Gasteiger partial charge is 0.416 e. The summed E-state index contributed by atoms with van der Waals surface area (Å²) in [5, 5.41) is 2.73. The topological polar surface area (TPSA) is 64.1 Å². The average molecular weight is 271 g/mol. The fourth-order valence-electron chi connectivity index (χ4n) is 1.45. The third-order valence-corrected chi connectivity index (χ3v) is 2.61. The zero-order valence-corrected chi connectivity index (χ0v) is 10.7. The molecule has 0 heterocycles. The Labute approximate surface area is 109 Å². The number of allylic oxidation sites excluding steroid dienone is 2. The number of hydrogen-bond donors (Lipinski definition) is 3. The summed E-state index contributed by atoms with van der Waals surface area (Å²) < 4.78 is 37.3. The van der Waals surface area contributed by atoms with Crippen LogP contribution in [0.3, 0.4) is 0 Å². The van der Waals surface area contributed by atoms with Crippen LogP contribution in [0.25, 0.3) is 5.70 Å². The summed E-state index contributed by atoms with van der Waals surface area (Å²) in [6.07, 6.45) is -2.73. The predicted molar refractivity (Wildman–Crippen MR) is 69.6 cm³/mol. The van der Waals surface area contributed by atoms with Crippen LogP contribution < -0.4 is 16.8 Å². The highest BCUT2D eigenvalue weighted by Crippen LogP contribution is 2.29. The van der Waals surface area contributed by atoms with Gasteiger partial charge in [0.2, 0.25) is 0 Å². The van der Waals surface area contributed by atoms with Gasteiger partial charge < -0.3 is 16.8 Å². The highest BCUT2D eigenvalue weighted by molar-refractivity contribution is 5.68. The Bertz CT molecular complexity index is 499. The molecule has 3 nitrogen and oxygen atoms in total. The van der Waals surface area contributed by atoms with Crippen LogP contribution in [-0.2, 0) is 6.18 Å². The molecule has 0 aromatic heterocycles. The summed E-state index contributed by atoms with van der Waals surface area (Å²) in [6, 6.07) is 4.68. The molecule has 0 saturated carbocycles. The number of nitrogens with two attached hydrogens (primary N) is 2. The fraction of sp³-hybridized carbons (Fsp3) is 0.231. The lowest BCUT2D eigenvalue weighted by Crippen LogP contribution is -2.15. The van der Waals surface area contributed by atoms with Crippen molar-refractivity contribution in [3.63, 3.8) is 0 Å². The van der Waals surface area contributed by atoms with Crippen LogP contribution in [0.5, 0.6) is 0 Å². The van der Waals surface area contributed by atoms with E-state index in [2.05, 4.69) is 5.32 Å². The van der Waals surface area contributed by atoms with Crippen molar-refractivity contribution in [2.75, 3.05) is 7.05 Å². The molecule has 0 amide bonds. The minimum atomic E-state index is -4.34. The van der Waals surface area contributed by atoms with Gasteiger partial charge >= 0.3 is 6.18 Å². The number of rotatable bonds is 3. The first-order valence-corrected chi connectivity index (χ1v) is 5.54. The standard InChI is InChI=1S/C13H16F3N3/c1-8(7-11(17)19-2)12(18)9-3-5-10(6-4-9)13(14,15)16/h3-7,19H,17-18H2,1-2H3/b11-7+,12-8-. The van der Waals surface area contributed by atoms with Gasteiger partial charge in [-0.2, -0.15) is 13.2 Å². The Kier molecular flexibility index (Phi) is 4.47. The van der Waals surface area contributed by atoms with E-state index in [1.165, 1.54) is 12.1 Å². The molecule has 5 N–H and O–H groups in total. The molecular weight excluding hydrogens is 255 g/mol. The molecule has 0 unspecified atom stereocenters. The molecule has 0 bridgehead atoms. The van der Waals surface area contributed by atoms with E-state index in [1.807, 2.05) is 0 Å². The molecule has 1 aromatic rings. The Morgan fingerprint density at radius 1 is 1.16 bits per heavy atom. The molecule has 0 fully saturated rings. The lowest BCUT2D eigenvalue weighted by molar-refractivity contribution is -0.137. The normalized spacial score (nSPS) is 14.1. The summed E-state index contributed by atoms with van der Waals surface area (Å²) in [5.74, 6) is 0.423. The fourth-order valence-corrected chi connectivity index (χ4v) is 1.45. The second-order valence-electron chi connectivity index (χ2n) is 4.02. The van der Waals surface area contributed by atoms with Crippen molar-refractivity contribution in [1.29, 1.82) is 0 Å². The summed E-state index contributed by atoms with van der Waals surface area (Å²) >= 11 is 0. The van der Waals surface area contributed by atoms with Gasteiger partial charge in [-0.15, -0.1) is 0 Å². The molecule has 1 rings (SSSR count). The van der Waals surface area contributed by atoms with Crippen LogP contribution in [0.1, 0.15) is 18.1 Å². The smallest absolute Gasteiger partial charge is 0.398 e. The number of alkyl halides is 3. The maximum atomic E-state index is 12.4. The molecule has 0 spiro atoms. The average Bonchev–Trinajstić information content (AvgIpc) is 2.36. The molecule has 0 saturated heterocycles. The summed E-state index contributed by atoms with van der Waals surface area (Å²) in [7, 11) is 1.66. The van der Waals surface area contributed by atoms with Gasteiger partial charge in [0.05, 0.1) is 11.4 Å². The van der Waals surface area contributed by atoms with E-state index in [9.17, 15) is 13.2 Å². The molecule has 1 aromatic carbocycles. The summed E-state index contributed by atoms with van der Waals surface area (Å²) in [4.78, 5) is 0. The van der Waals surface area contributed by atoms with Gasteiger partial charge in [0.15, 0.2) is 0 Å². The number of halogens is 3. The van der Waals surface area contributed by atoms with Crippen LogP contribution in [0.2, 0.25) is 0 Å². The Hall–Kier alpha value is -2.11. The second kappa shape index (κ2) is 5.69. The van der Waals surface area contributed by atoms with Crippen LogP contribution in [-0.4, -0.2) is 7.05 Å². The molecule has 6 heteroatoms. The van der Waals surface area contributed by atoms with Gasteiger partial charge in [-0.05, 0) is 36.3 Å². The maximum Gasteiger partial charge on any atom is 0.416 e. The van der Waals surface area contributed by atoms with Crippen molar-refractivity contribution in [2.24, 2.45) is 11.5 Å². The number of nitrogens with one attached hydrogen (secondary N) is 1. The van der Waals surface area contributed by atoms with Crippen LogP contribution in [0, 0.1) is 0 Å². The molecule has 0 radical (unpaired) electrons. The maximum absolute atomic E-state index is 12.4. The van der Waals surface area contributed by atoms with E-state index in [0.29, 0.717) is 22.7 Å². The SMILES string of the molecule is CN/C(N)=C/C(C)=C(\N)c1ccc(C(F)(F)F)cc1. The zero-order chi connectivity index (χ0) is 14.6. The Morgan fingerprint density at radius 2 is 1.68 bits per heavy atom. The molecule has 0 aliphatic carbocycles. The predicted octanol–water partition coefficient (Wildman–Crippen LogP) is 2.41. The molecule has 0 aliphatic rings. The van der Waals surface area contributed by atoms with Crippen molar-refractivity contribution in [3.8, 4) is 0 Å². The van der Waals surface area contributed by atoms with Gasteiger partial charge in [0, 0.05) is 12.7 Å². The summed E-state index contributed by atoms with van der Waals surface area (Å²) in [6.45, 7) is 1.73. The van der Waals surface area contributed by atoms with Gasteiger partial charge in [0.1, 0.15) is 0 Å². The number of benzene rings is 1. The monoisotopic (exact) mass is 271 g/mol. The lowest BCUT2D eigenvalue weighted by Gasteiger charge is -2.09. The Balaban J connectivity index is 3.08. The van der Waals surface area contributed by atoms with Crippen LogP contribution >= 0.6 is 0 Å². The van der Waals surface area contributed by atoms with Crippen LogP contribution in [0.4, 0.5) is 13.2 Å². The van der Waals surface area contributed by atoms with Crippen molar-refractivity contribution >= 4 is 5.70 Å². The van der Waals surface area contributed by atoms with Crippen molar-refractivity contribution < 1.29 is 13.2 Å². The zero-order valence-electron chi connectivity index (χ0n) is 10.7. The molecular formula is C13H16F3N3. The van der Waals surface area contributed by atoms with Crippen LogP contribution in [0.15, 0.2) is 41.7 Å². The third-order valence-electron chi connectivity index (χ3n) is 2.61. The first-order valence-electron chi connectivity index (χ1n) is 5.54. The first kappa shape index (κ1) is 14.9. The molecule has 0 aliphatic heterocycles. The molecule has 0 atom stereocenters. The van der Waals surface area contributed by atoms with E-state index in [0.717, 1.165) is 12.1 Å². The van der Waals surface area contributed by atoms with Gasteiger partial charge in [-0.25, -0.2) is 0 Å². The minimum absolute atomic E-state index is 0.381. The number of hydrogen-bond acceptors (Lipinski definition) is 3. The van der Waals surface area contributed by atoms with Crippen molar-refractivity contribution in [1.82, 2.24) is 5.32 Å². The molecule has 19 heavy (non-hydrogen) atoms. The molecule has 104 valence electrons. The van der Waals surface area contributed by atoms with Crippen molar-refractivity contribution in [3.05, 3.63) is 52.9 Å². The van der Waals surface area contributed by atoms with E-state index >= 15 is 0 Å². The highest BCUT2D eigenvalue weighted by Gasteiger charge is 2.29.